The number of aliphatic carboxylic acids is 1. The summed E-state index contributed by atoms with van der Waals surface area (Å²) in [7, 11) is 0. The van der Waals surface area contributed by atoms with Crippen LogP contribution in [0, 0.1) is 5.41 Å². The molecular weight excluding hydrogens is 226 g/mol. The van der Waals surface area contributed by atoms with Gasteiger partial charge in [-0.25, -0.2) is 4.79 Å². The van der Waals surface area contributed by atoms with Gasteiger partial charge in [0.2, 0.25) is 5.91 Å². The van der Waals surface area contributed by atoms with Crippen LogP contribution in [0.5, 0.6) is 0 Å². The predicted octanol–water partition coefficient (Wildman–Crippen LogP) is 0.00250. The van der Waals surface area contributed by atoms with Crippen molar-refractivity contribution < 1.29 is 24.5 Å². The lowest BCUT2D eigenvalue weighted by Crippen LogP contribution is -2.36. The molecule has 6 heteroatoms. The molecule has 3 N–H and O–H groups in total. The quantitative estimate of drug-likeness (QED) is 0.533. The fourth-order valence-corrected chi connectivity index (χ4v) is 1.27. The molecule has 0 aliphatic carbocycles. The Balaban J connectivity index is 3.71. The molecule has 0 aliphatic heterocycles. The van der Waals surface area contributed by atoms with Gasteiger partial charge in [0.05, 0.1) is 0 Å². The number of carboxylic acid groups (broad SMARTS) is 1. The highest BCUT2D eigenvalue weighted by Crippen LogP contribution is 2.20. The summed E-state index contributed by atoms with van der Waals surface area (Å²) < 4.78 is 4.65. The predicted molar refractivity (Wildman–Crippen MR) is 61.6 cm³/mol. The molecule has 0 heterocycles. The molecule has 0 atom stereocenters. The van der Waals surface area contributed by atoms with Crippen molar-refractivity contribution >= 4 is 11.9 Å². The number of hydrogen-bond acceptors (Lipinski definition) is 4. The van der Waals surface area contributed by atoms with E-state index in [4.69, 9.17) is 10.2 Å². The van der Waals surface area contributed by atoms with Crippen LogP contribution in [-0.4, -0.2) is 48.5 Å². The van der Waals surface area contributed by atoms with Crippen LogP contribution in [0.2, 0.25) is 0 Å². The van der Waals surface area contributed by atoms with Gasteiger partial charge in [-0.1, -0.05) is 13.8 Å². The molecule has 0 aromatic carbocycles. The summed E-state index contributed by atoms with van der Waals surface area (Å²) in [5.41, 5.74) is -0.0921. The van der Waals surface area contributed by atoms with Crippen molar-refractivity contribution in [3.8, 4) is 0 Å². The maximum atomic E-state index is 11.3. The van der Waals surface area contributed by atoms with E-state index in [1.807, 2.05) is 13.8 Å². The first-order valence-electron chi connectivity index (χ1n) is 5.54. The first-order valence-corrected chi connectivity index (χ1v) is 5.54. The van der Waals surface area contributed by atoms with Crippen molar-refractivity contribution in [3.05, 3.63) is 0 Å². The number of carboxylic acids is 1. The highest BCUT2D eigenvalue weighted by molar-refractivity contribution is 5.77. The molecule has 0 spiro atoms. The summed E-state index contributed by atoms with van der Waals surface area (Å²) in [6.45, 7) is 3.87. The number of carbonyl (C=O) groups excluding carboxylic acids is 1. The zero-order chi connectivity index (χ0) is 13.3. The first kappa shape index (κ1) is 15.9. The van der Waals surface area contributed by atoms with Crippen molar-refractivity contribution in [2.75, 3.05) is 26.4 Å². The van der Waals surface area contributed by atoms with Gasteiger partial charge in [0.25, 0.3) is 0 Å². The Labute approximate surface area is 101 Å². The molecule has 0 saturated carbocycles. The first-order chi connectivity index (χ1) is 7.87. The molecule has 0 rings (SSSR count). The van der Waals surface area contributed by atoms with Gasteiger partial charge in [-0.05, 0) is 18.3 Å². The van der Waals surface area contributed by atoms with Gasteiger partial charge < -0.3 is 20.3 Å². The molecule has 0 aromatic rings. The summed E-state index contributed by atoms with van der Waals surface area (Å²) >= 11 is 0. The van der Waals surface area contributed by atoms with Crippen LogP contribution in [0.4, 0.5) is 0 Å². The minimum absolute atomic E-state index is 0.0921. The number of carbonyl (C=O) groups is 2. The van der Waals surface area contributed by atoms with Crippen LogP contribution >= 0.6 is 0 Å². The Morgan fingerprint density at radius 1 is 1.29 bits per heavy atom. The van der Waals surface area contributed by atoms with E-state index in [0.717, 1.165) is 6.42 Å². The van der Waals surface area contributed by atoms with E-state index in [1.54, 1.807) is 0 Å². The third-order valence-corrected chi connectivity index (χ3v) is 2.23. The lowest BCUT2D eigenvalue weighted by atomic mass is 9.88. The van der Waals surface area contributed by atoms with E-state index in [2.05, 4.69) is 10.1 Å². The van der Waals surface area contributed by atoms with Crippen LogP contribution < -0.4 is 5.32 Å². The Bertz CT molecular complexity index is 252. The average Bonchev–Trinajstić information content (AvgIpc) is 2.23. The number of ether oxygens (including phenoxy) is 1. The van der Waals surface area contributed by atoms with E-state index in [9.17, 15) is 9.59 Å². The van der Waals surface area contributed by atoms with Crippen LogP contribution in [0.15, 0.2) is 0 Å². The van der Waals surface area contributed by atoms with Gasteiger partial charge in [-0.2, -0.15) is 0 Å². The summed E-state index contributed by atoms with van der Waals surface area (Å²) in [5.74, 6) is -1.43. The van der Waals surface area contributed by atoms with Gasteiger partial charge >= 0.3 is 5.97 Å². The molecule has 0 fully saturated rings. The standard InChI is InChI=1S/C11H21NO5/c1-11(2,4-3-5-13)8-12-9(14)6-17-7-10(15)16/h13H,3-8H2,1-2H3,(H,12,14)(H,15,16). The molecule has 0 aromatic heterocycles. The van der Waals surface area contributed by atoms with E-state index in [1.165, 1.54) is 0 Å². The second-order valence-electron chi connectivity index (χ2n) is 4.65. The van der Waals surface area contributed by atoms with Crippen LogP contribution in [0.1, 0.15) is 26.7 Å². The van der Waals surface area contributed by atoms with Crippen molar-refractivity contribution in [1.29, 1.82) is 0 Å². The fourth-order valence-electron chi connectivity index (χ4n) is 1.27. The number of rotatable bonds is 9. The topological polar surface area (TPSA) is 95.9 Å². The Morgan fingerprint density at radius 2 is 1.94 bits per heavy atom. The summed E-state index contributed by atoms with van der Waals surface area (Å²) in [5, 5.41) is 19.7. The molecule has 0 saturated heterocycles. The summed E-state index contributed by atoms with van der Waals surface area (Å²) in [6.07, 6.45) is 1.50. The van der Waals surface area contributed by atoms with Crippen molar-refractivity contribution in [3.63, 3.8) is 0 Å². The smallest absolute Gasteiger partial charge is 0.329 e. The second-order valence-corrected chi connectivity index (χ2v) is 4.65. The van der Waals surface area contributed by atoms with Crippen molar-refractivity contribution in [2.24, 2.45) is 5.41 Å². The number of hydrogen-bond donors (Lipinski definition) is 3. The van der Waals surface area contributed by atoms with Crippen LogP contribution in [-0.2, 0) is 14.3 Å². The van der Waals surface area contributed by atoms with E-state index >= 15 is 0 Å². The fraction of sp³-hybridized carbons (Fsp3) is 0.818. The highest BCUT2D eigenvalue weighted by Gasteiger charge is 2.18. The van der Waals surface area contributed by atoms with Crippen LogP contribution in [0.3, 0.4) is 0 Å². The number of amides is 1. The second kappa shape index (κ2) is 8.03. The van der Waals surface area contributed by atoms with Crippen LogP contribution in [0.25, 0.3) is 0 Å². The van der Waals surface area contributed by atoms with Gasteiger partial charge in [0.15, 0.2) is 0 Å². The molecule has 0 radical (unpaired) electrons. The van der Waals surface area contributed by atoms with Gasteiger partial charge in [0.1, 0.15) is 13.2 Å². The van der Waals surface area contributed by atoms with Gasteiger partial charge in [-0.3, -0.25) is 4.79 Å². The lowest BCUT2D eigenvalue weighted by Gasteiger charge is -2.24. The zero-order valence-electron chi connectivity index (χ0n) is 10.4. The summed E-state index contributed by atoms with van der Waals surface area (Å²) in [4.78, 5) is 21.4. The lowest BCUT2D eigenvalue weighted by molar-refractivity contribution is -0.143. The monoisotopic (exact) mass is 247 g/mol. The molecule has 100 valence electrons. The summed E-state index contributed by atoms with van der Waals surface area (Å²) in [6, 6.07) is 0. The molecule has 0 unspecified atom stereocenters. The largest absolute Gasteiger partial charge is 0.480 e. The molecule has 0 aliphatic rings. The molecule has 0 bridgehead atoms. The minimum Gasteiger partial charge on any atom is -0.480 e. The van der Waals surface area contributed by atoms with E-state index in [0.29, 0.717) is 13.0 Å². The highest BCUT2D eigenvalue weighted by atomic mass is 16.5. The molecular formula is C11H21NO5. The number of aliphatic hydroxyl groups is 1. The Hall–Kier alpha value is -1.14. The van der Waals surface area contributed by atoms with Gasteiger partial charge in [-0.15, -0.1) is 0 Å². The average molecular weight is 247 g/mol. The minimum atomic E-state index is -1.10. The maximum absolute atomic E-state index is 11.3. The molecule has 1 amide bonds. The van der Waals surface area contributed by atoms with Crippen molar-refractivity contribution in [2.45, 2.75) is 26.7 Å². The SMILES string of the molecule is CC(C)(CCCO)CNC(=O)COCC(=O)O. The number of aliphatic hydroxyl groups excluding tert-OH is 1. The Morgan fingerprint density at radius 3 is 2.47 bits per heavy atom. The normalized spacial score (nSPS) is 11.2. The van der Waals surface area contributed by atoms with E-state index in [-0.39, 0.29) is 24.5 Å². The Kier molecular flexibility index (Phi) is 7.49. The molecule has 6 nitrogen and oxygen atoms in total. The molecule has 17 heavy (non-hydrogen) atoms. The van der Waals surface area contributed by atoms with E-state index < -0.39 is 12.6 Å². The van der Waals surface area contributed by atoms with Gasteiger partial charge in [0, 0.05) is 13.2 Å². The third kappa shape index (κ3) is 9.77. The zero-order valence-corrected chi connectivity index (χ0v) is 10.4. The van der Waals surface area contributed by atoms with Crippen molar-refractivity contribution in [1.82, 2.24) is 5.32 Å². The maximum Gasteiger partial charge on any atom is 0.329 e. The third-order valence-electron chi connectivity index (χ3n) is 2.23. The number of nitrogens with one attached hydrogen (secondary N) is 1.